The molecule has 1 aromatic heterocycles. The maximum Gasteiger partial charge on any atom is 0.211 e. The van der Waals surface area contributed by atoms with Crippen LogP contribution >= 0.6 is 0 Å². The molecular weight excluding hydrogens is 276 g/mol. The number of rotatable bonds is 5. The summed E-state index contributed by atoms with van der Waals surface area (Å²) in [6.45, 7) is 3.21. The summed E-state index contributed by atoms with van der Waals surface area (Å²) in [6, 6.07) is 4.10. The van der Waals surface area contributed by atoms with Gasteiger partial charge in [-0.1, -0.05) is 0 Å². The van der Waals surface area contributed by atoms with Crippen LogP contribution in [0.3, 0.4) is 0 Å². The molecule has 1 N–H and O–H groups in total. The van der Waals surface area contributed by atoms with Crippen molar-refractivity contribution in [2.75, 3.05) is 26.4 Å². The summed E-state index contributed by atoms with van der Waals surface area (Å²) >= 11 is 0. The topological polar surface area (TPSA) is 62.6 Å². The van der Waals surface area contributed by atoms with E-state index in [1.165, 1.54) is 6.26 Å². The molecule has 2 atom stereocenters. The predicted octanol–water partition coefficient (Wildman–Crippen LogP) is 1.91. The van der Waals surface area contributed by atoms with Crippen molar-refractivity contribution in [1.29, 1.82) is 0 Å². The van der Waals surface area contributed by atoms with Gasteiger partial charge in [0.15, 0.2) is 0 Å². The zero-order valence-electron chi connectivity index (χ0n) is 12.4. The molecule has 1 fully saturated rings. The lowest BCUT2D eigenvalue weighted by atomic mass is 9.91. The molecule has 1 aliphatic rings. The van der Waals surface area contributed by atoms with E-state index in [4.69, 9.17) is 4.42 Å². The fourth-order valence-electron chi connectivity index (χ4n) is 2.87. The Labute approximate surface area is 121 Å². The Balaban J connectivity index is 2.01. The lowest BCUT2D eigenvalue weighted by Crippen LogP contribution is -2.40. The van der Waals surface area contributed by atoms with Crippen LogP contribution in [-0.4, -0.2) is 39.1 Å². The highest BCUT2D eigenvalue weighted by atomic mass is 32.2. The van der Waals surface area contributed by atoms with Crippen LogP contribution in [0.1, 0.15) is 36.8 Å². The molecular formula is C14H24N2O3S. The van der Waals surface area contributed by atoms with Crippen LogP contribution in [0.15, 0.2) is 16.5 Å². The third-order valence-corrected chi connectivity index (χ3v) is 5.24. The standard InChI is InChI=1S/C14H24N2O3S/c1-11-6-7-14(19-11)13(15-2)9-12-5-4-8-16(10-12)20(3,17)18/h6-7,12-13,15H,4-5,8-10H2,1-3H3. The number of furan rings is 1. The van der Waals surface area contributed by atoms with E-state index < -0.39 is 10.0 Å². The van der Waals surface area contributed by atoms with E-state index in [0.717, 1.165) is 30.8 Å². The van der Waals surface area contributed by atoms with Gasteiger partial charge in [0.1, 0.15) is 11.5 Å². The van der Waals surface area contributed by atoms with Crippen LogP contribution in [0, 0.1) is 12.8 Å². The van der Waals surface area contributed by atoms with Gasteiger partial charge in [-0.25, -0.2) is 12.7 Å². The molecule has 2 rings (SSSR count). The largest absolute Gasteiger partial charge is 0.465 e. The van der Waals surface area contributed by atoms with Gasteiger partial charge >= 0.3 is 0 Å². The maximum absolute atomic E-state index is 11.7. The number of hydrogen-bond acceptors (Lipinski definition) is 4. The summed E-state index contributed by atoms with van der Waals surface area (Å²) in [5, 5.41) is 3.27. The van der Waals surface area contributed by atoms with E-state index in [9.17, 15) is 8.42 Å². The van der Waals surface area contributed by atoms with Gasteiger partial charge in [-0.15, -0.1) is 0 Å². The molecule has 114 valence electrons. The molecule has 0 aromatic carbocycles. The highest BCUT2D eigenvalue weighted by molar-refractivity contribution is 7.88. The summed E-state index contributed by atoms with van der Waals surface area (Å²) < 4.78 is 30.6. The van der Waals surface area contributed by atoms with Gasteiger partial charge in [-0.2, -0.15) is 0 Å². The van der Waals surface area contributed by atoms with Crippen LogP contribution in [0.2, 0.25) is 0 Å². The first-order valence-corrected chi connectivity index (χ1v) is 8.93. The summed E-state index contributed by atoms with van der Waals surface area (Å²) in [6.07, 6.45) is 4.20. The smallest absolute Gasteiger partial charge is 0.211 e. The lowest BCUT2D eigenvalue weighted by Gasteiger charge is -2.32. The van der Waals surface area contributed by atoms with Crippen molar-refractivity contribution in [3.63, 3.8) is 0 Å². The van der Waals surface area contributed by atoms with E-state index in [2.05, 4.69) is 5.32 Å². The van der Waals surface area contributed by atoms with E-state index in [1.54, 1.807) is 4.31 Å². The second-order valence-corrected chi connectivity index (χ2v) is 7.64. The normalized spacial score (nSPS) is 22.9. The van der Waals surface area contributed by atoms with Gasteiger partial charge in [0.25, 0.3) is 0 Å². The monoisotopic (exact) mass is 300 g/mol. The fourth-order valence-corrected chi connectivity index (χ4v) is 3.81. The molecule has 0 amide bonds. The Kier molecular flexibility index (Phi) is 4.88. The van der Waals surface area contributed by atoms with E-state index in [-0.39, 0.29) is 6.04 Å². The summed E-state index contributed by atoms with van der Waals surface area (Å²) in [5.41, 5.74) is 0. The van der Waals surface area contributed by atoms with E-state index >= 15 is 0 Å². The second kappa shape index (κ2) is 6.28. The van der Waals surface area contributed by atoms with E-state index in [1.807, 2.05) is 26.1 Å². The number of hydrogen-bond donors (Lipinski definition) is 1. The summed E-state index contributed by atoms with van der Waals surface area (Å²) in [5.74, 6) is 2.21. The number of nitrogens with one attached hydrogen (secondary N) is 1. The van der Waals surface area contributed by atoms with Crippen LogP contribution in [0.5, 0.6) is 0 Å². The summed E-state index contributed by atoms with van der Waals surface area (Å²) in [7, 11) is -1.16. The first-order chi connectivity index (χ1) is 9.40. The highest BCUT2D eigenvalue weighted by Gasteiger charge is 2.28. The number of piperidine rings is 1. The van der Waals surface area contributed by atoms with Crippen LogP contribution in [-0.2, 0) is 10.0 Å². The molecule has 0 saturated carbocycles. The number of aryl methyl sites for hydroxylation is 1. The third kappa shape index (κ3) is 3.84. The molecule has 0 spiro atoms. The lowest BCUT2D eigenvalue weighted by molar-refractivity contribution is 0.232. The Bertz CT molecular complexity index is 538. The van der Waals surface area contributed by atoms with Gasteiger partial charge in [0.05, 0.1) is 12.3 Å². The van der Waals surface area contributed by atoms with Crippen molar-refractivity contribution in [2.24, 2.45) is 5.92 Å². The molecule has 1 aromatic rings. The van der Waals surface area contributed by atoms with Gasteiger partial charge in [-0.3, -0.25) is 0 Å². The molecule has 6 heteroatoms. The minimum Gasteiger partial charge on any atom is -0.465 e. The van der Waals surface area contributed by atoms with Gasteiger partial charge in [0.2, 0.25) is 10.0 Å². The SMILES string of the molecule is CNC(CC1CCCN(S(C)(=O)=O)C1)c1ccc(C)o1. The minimum absolute atomic E-state index is 0.146. The van der Waals surface area contributed by atoms with Crippen LogP contribution in [0.25, 0.3) is 0 Å². The number of nitrogens with zero attached hydrogens (tertiary/aromatic N) is 1. The Morgan fingerprint density at radius 1 is 1.50 bits per heavy atom. The molecule has 5 nitrogen and oxygen atoms in total. The minimum atomic E-state index is -3.07. The Morgan fingerprint density at radius 2 is 2.25 bits per heavy atom. The van der Waals surface area contributed by atoms with Crippen LogP contribution < -0.4 is 5.32 Å². The zero-order valence-corrected chi connectivity index (χ0v) is 13.2. The average Bonchev–Trinajstić information content (AvgIpc) is 2.82. The molecule has 2 heterocycles. The van der Waals surface area contributed by atoms with Crippen molar-refractivity contribution in [2.45, 2.75) is 32.2 Å². The van der Waals surface area contributed by atoms with Crippen molar-refractivity contribution in [1.82, 2.24) is 9.62 Å². The number of sulfonamides is 1. The Hall–Kier alpha value is -0.850. The van der Waals surface area contributed by atoms with Gasteiger partial charge in [-0.05, 0) is 51.3 Å². The second-order valence-electron chi connectivity index (χ2n) is 5.65. The van der Waals surface area contributed by atoms with Gasteiger partial charge < -0.3 is 9.73 Å². The van der Waals surface area contributed by atoms with E-state index in [0.29, 0.717) is 19.0 Å². The first-order valence-electron chi connectivity index (χ1n) is 7.09. The molecule has 0 aliphatic carbocycles. The zero-order chi connectivity index (χ0) is 14.8. The van der Waals surface area contributed by atoms with Crippen molar-refractivity contribution in [3.05, 3.63) is 23.7 Å². The van der Waals surface area contributed by atoms with Gasteiger partial charge in [0, 0.05) is 13.1 Å². The van der Waals surface area contributed by atoms with Crippen molar-refractivity contribution in [3.8, 4) is 0 Å². The quantitative estimate of drug-likeness (QED) is 0.902. The average molecular weight is 300 g/mol. The molecule has 0 bridgehead atoms. The highest BCUT2D eigenvalue weighted by Crippen LogP contribution is 2.29. The molecule has 2 unspecified atom stereocenters. The van der Waals surface area contributed by atoms with Crippen LogP contribution in [0.4, 0.5) is 0 Å². The molecule has 1 aliphatic heterocycles. The molecule has 0 radical (unpaired) electrons. The molecule has 1 saturated heterocycles. The Morgan fingerprint density at radius 3 is 2.80 bits per heavy atom. The molecule has 20 heavy (non-hydrogen) atoms. The third-order valence-electron chi connectivity index (χ3n) is 3.97. The predicted molar refractivity (Wildman–Crippen MR) is 79.0 cm³/mol. The van der Waals surface area contributed by atoms with Crippen molar-refractivity contribution < 1.29 is 12.8 Å². The maximum atomic E-state index is 11.7. The summed E-state index contributed by atoms with van der Waals surface area (Å²) in [4.78, 5) is 0. The van der Waals surface area contributed by atoms with Crippen molar-refractivity contribution >= 4 is 10.0 Å². The first kappa shape index (κ1) is 15.5. The fraction of sp³-hybridized carbons (Fsp3) is 0.714.